The van der Waals surface area contributed by atoms with Crippen LogP contribution in [0.1, 0.15) is 15.9 Å². The molecule has 2 N–H and O–H groups in total. The first-order valence-corrected chi connectivity index (χ1v) is 9.24. The van der Waals surface area contributed by atoms with Crippen molar-refractivity contribution in [1.82, 2.24) is 10.2 Å². The Labute approximate surface area is 159 Å². The van der Waals surface area contributed by atoms with E-state index < -0.39 is 0 Å². The molecule has 1 aliphatic heterocycles. The summed E-state index contributed by atoms with van der Waals surface area (Å²) in [6, 6.07) is 5.43. The van der Waals surface area contributed by atoms with Crippen molar-refractivity contribution in [1.29, 1.82) is 0 Å². The van der Waals surface area contributed by atoms with Gasteiger partial charge in [0.15, 0.2) is 0 Å². The van der Waals surface area contributed by atoms with Gasteiger partial charge in [-0.15, -0.1) is 12.4 Å². The largest absolute Gasteiger partial charge is 0.383 e. The fourth-order valence-corrected chi connectivity index (χ4v) is 3.36. The molecule has 6 nitrogen and oxygen atoms in total. The molecule has 0 bridgehead atoms. The Balaban J connectivity index is 0.00000312. The Kier molecular flexibility index (Phi) is 9.89. The number of rotatable bonds is 7. The molecule has 0 saturated carbocycles. The van der Waals surface area contributed by atoms with E-state index in [1.54, 1.807) is 19.2 Å². The Bertz CT molecular complexity index is 580. The highest BCUT2D eigenvalue weighted by molar-refractivity contribution is 7.99. The predicted octanol–water partition coefficient (Wildman–Crippen LogP) is 1.78. The van der Waals surface area contributed by atoms with E-state index in [2.05, 4.69) is 10.6 Å². The van der Waals surface area contributed by atoms with Gasteiger partial charge < -0.3 is 20.3 Å². The first kappa shape index (κ1) is 21.8. The van der Waals surface area contributed by atoms with Crippen LogP contribution in [0.3, 0.4) is 0 Å². The van der Waals surface area contributed by atoms with Crippen LogP contribution in [0.25, 0.3) is 0 Å². The highest BCUT2D eigenvalue weighted by atomic mass is 35.5. The van der Waals surface area contributed by atoms with Crippen LogP contribution in [0, 0.1) is 6.92 Å². The predicted molar refractivity (Wildman–Crippen MR) is 105 cm³/mol. The van der Waals surface area contributed by atoms with Gasteiger partial charge in [-0.3, -0.25) is 9.59 Å². The fraction of sp³-hybridized carbons (Fsp3) is 0.529. The third-order valence-corrected chi connectivity index (χ3v) is 4.76. The maximum Gasteiger partial charge on any atom is 0.253 e. The average Bonchev–Trinajstić information content (AvgIpc) is 2.60. The molecule has 1 aliphatic rings. The van der Waals surface area contributed by atoms with Crippen molar-refractivity contribution in [2.75, 3.05) is 56.7 Å². The van der Waals surface area contributed by atoms with E-state index >= 15 is 0 Å². The maximum absolute atomic E-state index is 12.5. The lowest BCUT2D eigenvalue weighted by molar-refractivity contribution is -0.115. The molecule has 1 aromatic rings. The highest BCUT2D eigenvalue weighted by Gasteiger charge is 2.19. The van der Waals surface area contributed by atoms with E-state index in [0.29, 0.717) is 18.7 Å². The lowest BCUT2D eigenvalue weighted by Crippen LogP contribution is -2.37. The second-order valence-electron chi connectivity index (χ2n) is 5.65. The Morgan fingerprint density at radius 1 is 1.28 bits per heavy atom. The number of thioether (sulfide) groups is 1. The number of ether oxygens (including phenoxy) is 1. The number of halogens is 1. The minimum Gasteiger partial charge on any atom is -0.383 e. The molecule has 1 fully saturated rings. The summed E-state index contributed by atoms with van der Waals surface area (Å²) < 4.78 is 4.92. The molecule has 8 heteroatoms. The molecule has 1 saturated heterocycles. The minimum atomic E-state index is -0.110. The standard InChI is InChI=1S/C17H25N3O3S.ClH/c1-13-11-14(17(22)20-6-9-24-10-7-20)3-4-15(13)19-16(21)12-18-5-8-23-2;/h3-4,11,18H,5-10,12H2,1-2H3,(H,19,21);1H. The number of benzene rings is 1. The average molecular weight is 388 g/mol. The lowest BCUT2D eigenvalue weighted by Gasteiger charge is -2.26. The fourth-order valence-electron chi connectivity index (χ4n) is 2.46. The van der Waals surface area contributed by atoms with Gasteiger partial charge in [-0.25, -0.2) is 0 Å². The van der Waals surface area contributed by atoms with Crippen LogP contribution in [0.2, 0.25) is 0 Å². The van der Waals surface area contributed by atoms with E-state index in [0.717, 1.165) is 35.8 Å². The number of anilines is 1. The first-order chi connectivity index (χ1) is 11.6. The van der Waals surface area contributed by atoms with Crippen LogP contribution in [0.15, 0.2) is 18.2 Å². The third kappa shape index (κ3) is 6.86. The normalized spacial score (nSPS) is 13.9. The van der Waals surface area contributed by atoms with Gasteiger partial charge in [-0.1, -0.05) is 0 Å². The number of hydrogen-bond acceptors (Lipinski definition) is 5. The zero-order valence-corrected chi connectivity index (χ0v) is 16.3. The first-order valence-electron chi connectivity index (χ1n) is 8.09. The second-order valence-corrected chi connectivity index (χ2v) is 6.88. The molecule has 2 amide bonds. The molecular formula is C17H26ClN3O3S. The van der Waals surface area contributed by atoms with Gasteiger partial charge in [0.05, 0.1) is 13.2 Å². The van der Waals surface area contributed by atoms with Crippen molar-refractivity contribution < 1.29 is 14.3 Å². The van der Waals surface area contributed by atoms with Crippen LogP contribution in [-0.4, -0.2) is 68.1 Å². The summed E-state index contributed by atoms with van der Waals surface area (Å²) in [6.07, 6.45) is 0. The van der Waals surface area contributed by atoms with Gasteiger partial charge in [0.2, 0.25) is 5.91 Å². The molecule has 0 spiro atoms. The molecule has 140 valence electrons. The molecule has 2 rings (SSSR count). The molecule has 0 atom stereocenters. The number of amides is 2. The van der Waals surface area contributed by atoms with E-state index in [9.17, 15) is 9.59 Å². The second kappa shape index (κ2) is 11.4. The van der Waals surface area contributed by atoms with Crippen molar-refractivity contribution in [2.45, 2.75) is 6.92 Å². The number of hydrogen-bond donors (Lipinski definition) is 2. The molecular weight excluding hydrogens is 362 g/mol. The zero-order valence-electron chi connectivity index (χ0n) is 14.7. The summed E-state index contributed by atoms with van der Waals surface area (Å²) in [5, 5.41) is 5.86. The number of aryl methyl sites for hydroxylation is 1. The number of methoxy groups -OCH3 is 1. The van der Waals surface area contributed by atoms with Crippen LogP contribution < -0.4 is 10.6 Å². The summed E-state index contributed by atoms with van der Waals surface area (Å²) >= 11 is 1.88. The third-order valence-electron chi connectivity index (χ3n) is 3.81. The van der Waals surface area contributed by atoms with Gasteiger partial charge in [0.25, 0.3) is 5.91 Å². The van der Waals surface area contributed by atoms with Crippen LogP contribution in [0.5, 0.6) is 0 Å². The molecule has 1 aromatic carbocycles. The minimum absolute atomic E-state index is 0. The van der Waals surface area contributed by atoms with Crippen LogP contribution in [-0.2, 0) is 9.53 Å². The SMILES string of the molecule is COCCNCC(=O)Nc1ccc(C(=O)N2CCSCC2)cc1C.Cl. The van der Waals surface area contributed by atoms with E-state index in [1.165, 1.54) is 0 Å². The van der Waals surface area contributed by atoms with Gasteiger partial charge in [0.1, 0.15) is 0 Å². The van der Waals surface area contributed by atoms with Crippen LogP contribution >= 0.6 is 24.2 Å². The molecule has 1 heterocycles. The van der Waals surface area contributed by atoms with Gasteiger partial charge in [0, 0.05) is 49.5 Å². The number of nitrogens with one attached hydrogen (secondary N) is 2. The smallest absolute Gasteiger partial charge is 0.253 e. The topological polar surface area (TPSA) is 70.7 Å². The van der Waals surface area contributed by atoms with Crippen LogP contribution in [0.4, 0.5) is 5.69 Å². The number of nitrogens with zero attached hydrogens (tertiary/aromatic N) is 1. The quantitative estimate of drug-likeness (QED) is 0.698. The van der Waals surface area contributed by atoms with Crippen molar-refractivity contribution in [3.63, 3.8) is 0 Å². The van der Waals surface area contributed by atoms with Crippen molar-refractivity contribution in [3.05, 3.63) is 29.3 Å². The van der Waals surface area contributed by atoms with Crippen molar-refractivity contribution in [2.24, 2.45) is 0 Å². The maximum atomic E-state index is 12.5. The Morgan fingerprint density at radius 3 is 2.64 bits per heavy atom. The Morgan fingerprint density at radius 2 is 2.00 bits per heavy atom. The van der Waals surface area contributed by atoms with E-state index in [-0.39, 0.29) is 30.8 Å². The summed E-state index contributed by atoms with van der Waals surface area (Å²) in [7, 11) is 1.62. The van der Waals surface area contributed by atoms with Crippen molar-refractivity contribution in [3.8, 4) is 0 Å². The monoisotopic (exact) mass is 387 g/mol. The van der Waals surface area contributed by atoms with E-state index in [1.807, 2.05) is 29.7 Å². The van der Waals surface area contributed by atoms with Gasteiger partial charge in [-0.2, -0.15) is 11.8 Å². The number of carbonyl (C=O) groups excluding carboxylic acids is 2. The Hall–Kier alpha value is -1.28. The summed E-state index contributed by atoms with van der Waals surface area (Å²) in [5.74, 6) is 1.95. The summed E-state index contributed by atoms with van der Waals surface area (Å²) in [5.41, 5.74) is 2.30. The molecule has 0 radical (unpaired) electrons. The molecule has 0 unspecified atom stereocenters. The zero-order chi connectivity index (χ0) is 17.4. The van der Waals surface area contributed by atoms with Gasteiger partial charge >= 0.3 is 0 Å². The highest BCUT2D eigenvalue weighted by Crippen LogP contribution is 2.19. The van der Waals surface area contributed by atoms with E-state index in [4.69, 9.17) is 4.74 Å². The lowest BCUT2D eigenvalue weighted by atomic mass is 10.1. The van der Waals surface area contributed by atoms with Crippen molar-refractivity contribution >= 4 is 41.7 Å². The number of carbonyl (C=O) groups is 2. The summed E-state index contributed by atoms with van der Waals surface area (Å²) in [6.45, 7) is 4.93. The molecule has 25 heavy (non-hydrogen) atoms. The summed E-state index contributed by atoms with van der Waals surface area (Å²) in [4.78, 5) is 26.3. The molecule has 0 aliphatic carbocycles. The molecule has 0 aromatic heterocycles. The van der Waals surface area contributed by atoms with Gasteiger partial charge in [-0.05, 0) is 30.7 Å².